The van der Waals surface area contributed by atoms with Crippen LogP contribution in [0.5, 0.6) is 0 Å². The molecule has 7 nitrogen and oxygen atoms in total. The molecule has 3 aromatic rings. The first-order valence-corrected chi connectivity index (χ1v) is 10.3. The van der Waals surface area contributed by atoms with E-state index >= 15 is 0 Å². The van der Waals surface area contributed by atoms with Crippen LogP contribution in [-0.2, 0) is 0 Å². The number of carbonyl (C=O) groups is 1. The molecule has 31 heavy (non-hydrogen) atoms. The van der Waals surface area contributed by atoms with Crippen molar-refractivity contribution in [2.45, 2.75) is 32.4 Å². The van der Waals surface area contributed by atoms with Gasteiger partial charge in [0.25, 0.3) is 0 Å². The van der Waals surface area contributed by atoms with E-state index in [1.165, 1.54) is 11.1 Å². The average molecular weight is 460 g/mol. The number of aromatic nitrogens is 2. The summed E-state index contributed by atoms with van der Waals surface area (Å²) in [5.74, 6) is 0.615. The van der Waals surface area contributed by atoms with Gasteiger partial charge in [-0.3, -0.25) is 0 Å². The maximum atomic E-state index is 13.3. The molecule has 2 amide bonds. The smallest absolute Gasteiger partial charge is 0.332 e. The van der Waals surface area contributed by atoms with Crippen LogP contribution in [0.3, 0.4) is 0 Å². The molecule has 3 N–H and O–H groups in total. The van der Waals surface area contributed by atoms with Crippen LogP contribution in [0, 0.1) is 0 Å². The van der Waals surface area contributed by atoms with Gasteiger partial charge in [0.1, 0.15) is 5.82 Å². The molecule has 0 bridgehead atoms. The Morgan fingerprint density at radius 2 is 1.84 bits per heavy atom. The average Bonchev–Trinajstić information content (AvgIpc) is 2.71. The molecule has 162 valence electrons. The third-order valence-electron chi connectivity index (χ3n) is 4.66. The van der Waals surface area contributed by atoms with E-state index in [2.05, 4.69) is 20.6 Å². The van der Waals surface area contributed by atoms with Gasteiger partial charge in [-0.2, -0.15) is 4.98 Å². The number of amides is 2. The highest BCUT2D eigenvalue weighted by Gasteiger charge is 2.24. The van der Waals surface area contributed by atoms with Crippen molar-refractivity contribution in [3.8, 4) is 0 Å². The summed E-state index contributed by atoms with van der Waals surface area (Å²) in [5.41, 5.74) is -0.0133. The lowest BCUT2D eigenvalue weighted by molar-refractivity contribution is 0.0646. The Morgan fingerprint density at radius 3 is 2.52 bits per heavy atom. The van der Waals surface area contributed by atoms with Gasteiger partial charge in [0.15, 0.2) is 0 Å². The maximum absolute atomic E-state index is 13.3. The Kier molecular flexibility index (Phi) is 7.00. The number of benzene rings is 2. The second-order valence-corrected chi connectivity index (χ2v) is 8.33. The lowest BCUT2D eigenvalue weighted by atomic mass is 10.0. The molecule has 0 aliphatic rings. The highest BCUT2D eigenvalue weighted by atomic mass is 35.5. The van der Waals surface area contributed by atoms with Crippen molar-refractivity contribution < 1.29 is 9.90 Å². The zero-order chi connectivity index (χ0) is 22.6. The number of carbonyl (C=O) groups excluding carboxylic acids is 1. The standard InChI is InChI=1S/C22H23Cl2N5O2/c1-14(22(2,3)31)26-20-25-12-11-19(28-20)29(16-7-5-4-6-8-16)21(30)27-18-13-15(23)9-10-17(18)24/h4-14,31H,1-3H3,(H,27,30)(H,25,26,28)/t14-/m0/s1. The summed E-state index contributed by atoms with van der Waals surface area (Å²) in [6.45, 7) is 5.19. The molecule has 0 aliphatic heterocycles. The third kappa shape index (κ3) is 5.85. The van der Waals surface area contributed by atoms with Crippen LogP contribution in [0.2, 0.25) is 10.0 Å². The Bertz CT molecular complexity index is 1060. The summed E-state index contributed by atoms with van der Waals surface area (Å²) in [7, 11) is 0. The number of nitrogens with one attached hydrogen (secondary N) is 2. The van der Waals surface area contributed by atoms with Crippen LogP contribution < -0.4 is 15.5 Å². The van der Waals surface area contributed by atoms with Crippen molar-refractivity contribution in [1.82, 2.24) is 9.97 Å². The van der Waals surface area contributed by atoms with Crippen LogP contribution in [0.1, 0.15) is 20.8 Å². The molecule has 0 radical (unpaired) electrons. The SMILES string of the molecule is C[C@H](Nc1nccc(N(C(=O)Nc2cc(Cl)ccc2Cl)c2ccccc2)n1)C(C)(C)O. The number of hydrogen-bond donors (Lipinski definition) is 3. The molecular formula is C22H23Cl2N5O2. The van der Waals surface area contributed by atoms with Crippen molar-refractivity contribution in [3.05, 3.63) is 70.8 Å². The summed E-state index contributed by atoms with van der Waals surface area (Å²) < 4.78 is 0. The lowest BCUT2D eigenvalue weighted by Gasteiger charge is -2.27. The molecular weight excluding hydrogens is 437 g/mol. The van der Waals surface area contributed by atoms with Crippen molar-refractivity contribution in [1.29, 1.82) is 0 Å². The van der Waals surface area contributed by atoms with E-state index in [1.807, 2.05) is 25.1 Å². The molecule has 1 heterocycles. The second-order valence-electron chi connectivity index (χ2n) is 7.48. The van der Waals surface area contributed by atoms with Crippen LogP contribution >= 0.6 is 23.2 Å². The van der Waals surface area contributed by atoms with Gasteiger partial charge in [-0.05, 0) is 51.1 Å². The lowest BCUT2D eigenvalue weighted by Crippen LogP contribution is -2.40. The van der Waals surface area contributed by atoms with Gasteiger partial charge in [-0.25, -0.2) is 14.7 Å². The molecule has 2 aromatic carbocycles. The number of halogens is 2. The summed E-state index contributed by atoms with van der Waals surface area (Å²) >= 11 is 12.3. The number of urea groups is 1. The Balaban J connectivity index is 1.96. The van der Waals surface area contributed by atoms with E-state index in [-0.39, 0.29) is 12.0 Å². The highest BCUT2D eigenvalue weighted by molar-refractivity contribution is 6.35. The van der Waals surface area contributed by atoms with Gasteiger partial charge in [-0.1, -0.05) is 41.4 Å². The first-order chi connectivity index (χ1) is 14.6. The maximum Gasteiger partial charge on any atom is 0.332 e. The summed E-state index contributed by atoms with van der Waals surface area (Å²) in [5, 5.41) is 16.8. The fourth-order valence-corrected chi connectivity index (χ4v) is 2.95. The quantitative estimate of drug-likeness (QED) is 0.438. The number of nitrogens with zero attached hydrogens (tertiary/aromatic N) is 3. The summed E-state index contributed by atoms with van der Waals surface area (Å²) in [4.78, 5) is 23.3. The van der Waals surface area contributed by atoms with E-state index in [4.69, 9.17) is 23.2 Å². The van der Waals surface area contributed by atoms with Gasteiger partial charge < -0.3 is 15.7 Å². The molecule has 3 rings (SSSR count). The monoisotopic (exact) mass is 459 g/mol. The van der Waals surface area contributed by atoms with Gasteiger partial charge in [-0.15, -0.1) is 0 Å². The van der Waals surface area contributed by atoms with Gasteiger partial charge >= 0.3 is 6.03 Å². The van der Waals surface area contributed by atoms with E-state index < -0.39 is 11.6 Å². The minimum atomic E-state index is -0.987. The zero-order valence-corrected chi connectivity index (χ0v) is 18.8. The fraction of sp³-hybridized carbons (Fsp3) is 0.227. The van der Waals surface area contributed by atoms with Gasteiger partial charge in [0, 0.05) is 17.3 Å². The predicted octanol–water partition coefficient (Wildman–Crippen LogP) is 5.72. The minimum absolute atomic E-state index is 0.279. The molecule has 0 spiro atoms. The van der Waals surface area contributed by atoms with Crippen LogP contribution in [0.4, 0.5) is 27.9 Å². The largest absolute Gasteiger partial charge is 0.388 e. The van der Waals surface area contributed by atoms with Crippen molar-refractivity contribution in [2.24, 2.45) is 0 Å². The van der Waals surface area contributed by atoms with E-state index in [0.29, 0.717) is 27.2 Å². The first kappa shape index (κ1) is 22.8. The van der Waals surface area contributed by atoms with Crippen molar-refractivity contribution in [3.63, 3.8) is 0 Å². The number of para-hydroxylation sites is 1. The molecule has 0 aliphatic carbocycles. The van der Waals surface area contributed by atoms with Crippen molar-refractivity contribution in [2.75, 3.05) is 15.5 Å². The zero-order valence-electron chi connectivity index (χ0n) is 17.3. The normalized spacial score (nSPS) is 12.2. The number of anilines is 4. The molecule has 1 atom stereocenters. The van der Waals surface area contributed by atoms with E-state index in [9.17, 15) is 9.90 Å². The topological polar surface area (TPSA) is 90.4 Å². The van der Waals surface area contributed by atoms with Crippen LogP contribution in [0.15, 0.2) is 60.8 Å². The minimum Gasteiger partial charge on any atom is -0.388 e. The van der Waals surface area contributed by atoms with Crippen LogP contribution in [0.25, 0.3) is 0 Å². The predicted molar refractivity (Wildman–Crippen MR) is 125 cm³/mol. The van der Waals surface area contributed by atoms with E-state index in [0.717, 1.165) is 0 Å². The number of hydrogen-bond acceptors (Lipinski definition) is 5. The van der Waals surface area contributed by atoms with Crippen LogP contribution in [-0.4, -0.2) is 32.7 Å². The summed E-state index contributed by atoms with van der Waals surface area (Å²) in [6, 6.07) is 14.7. The Hall–Kier alpha value is -2.87. The Morgan fingerprint density at radius 1 is 1.13 bits per heavy atom. The number of aliphatic hydroxyl groups is 1. The molecule has 0 saturated heterocycles. The molecule has 0 unspecified atom stereocenters. The van der Waals surface area contributed by atoms with E-state index in [1.54, 1.807) is 50.2 Å². The molecule has 9 heteroatoms. The highest BCUT2D eigenvalue weighted by Crippen LogP contribution is 2.29. The second kappa shape index (κ2) is 9.51. The van der Waals surface area contributed by atoms with Gasteiger partial charge in [0.2, 0.25) is 5.95 Å². The van der Waals surface area contributed by atoms with Gasteiger partial charge in [0.05, 0.1) is 28.0 Å². The molecule has 1 aromatic heterocycles. The Labute approximate surface area is 191 Å². The third-order valence-corrected chi connectivity index (χ3v) is 5.23. The molecule has 0 saturated carbocycles. The number of rotatable bonds is 6. The fourth-order valence-electron chi connectivity index (χ4n) is 2.61. The van der Waals surface area contributed by atoms with Crippen molar-refractivity contribution >= 4 is 52.4 Å². The first-order valence-electron chi connectivity index (χ1n) is 9.58. The molecule has 0 fully saturated rings. The summed E-state index contributed by atoms with van der Waals surface area (Å²) in [6.07, 6.45) is 1.54.